The number of para-hydroxylation sites is 1. The minimum atomic E-state index is 0.360. The summed E-state index contributed by atoms with van der Waals surface area (Å²) < 4.78 is 1.98. The van der Waals surface area contributed by atoms with Gasteiger partial charge in [-0.2, -0.15) is 0 Å². The summed E-state index contributed by atoms with van der Waals surface area (Å²) in [6, 6.07) is 10.5. The molecule has 2 N–H and O–H groups in total. The Labute approximate surface area is 162 Å². The highest BCUT2D eigenvalue weighted by Crippen LogP contribution is 2.08. The van der Waals surface area contributed by atoms with E-state index in [1.54, 1.807) is 13.4 Å². The van der Waals surface area contributed by atoms with Gasteiger partial charge in [-0.1, -0.05) is 32.0 Å². The molecule has 1 aromatic carbocycles. The molecule has 1 heterocycles. The second kappa shape index (κ2) is 11.3. The lowest BCUT2D eigenvalue weighted by Gasteiger charge is -2.21. The van der Waals surface area contributed by atoms with Crippen molar-refractivity contribution in [1.29, 1.82) is 0 Å². The number of guanidine groups is 1. The van der Waals surface area contributed by atoms with Gasteiger partial charge in [0.15, 0.2) is 11.8 Å². The molecule has 0 fully saturated rings. The third-order valence-corrected chi connectivity index (χ3v) is 4.68. The summed E-state index contributed by atoms with van der Waals surface area (Å²) in [6.45, 7) is 10.6. The Hall–Kier alpha value is -2.41. The van der Waals surface area contributed by atoms with E-state index in [1.165, 1.54) is 6.42 Å². The van der Waals surface area contributed by atoms with Crippen LogP contribution in [0.2, 0.25) is 0 Å². The minimum absolute atomic E-state index is 0.360. The molecule has 0 spiro atoms. The Bertz CT molecular complexity index is 677. The number of aliphatic imine (C=N–C) groups is 1. The first-order valence-electron chi connectivity index (χ1n) is 9.81. The van der Waals surface area contributed by atoms with Crippen molar-refractivity contribution in [3.8, 4) is 5.69 Å². The van der Waals surface area contributed by atoms with E-state index in [0.717, 1.165) is 43.5 Å². The van der Waals surface area contributed by atoms with Gasteiger partial charge in [0.05, 0.1) is 6.54 Å². The average Bonchev–Trinajstić information content (AvgIpc) is 3.17. The van der Waals surface area contributed by atoms with Gasteiger partial charge in [0, 0.05) is 18.8 Å². The summed E-state index contributed by atoms with van der Waals surface area (Å²) in [4.78, 5) is 6.79. The Morgan fingerprint density at radius 2 is 1.96 bits per heavy atom. The molecule has 0 saturated heterocycles. The Balaban J connectivity index is 1.82. The Kier molecular flexibility index (Phi) is 8.77. The Morgan fingerprint density at radius 1 is 1.22 bits per heavy atom. The molecular weight excluding hydrogens is 338 g/mol. The predicted molar refractivity (Wildman–Crippen MR) is 111 cm³/mol. The number of hydrogen-bond acceptors (Lipinski definition) is 4. The van der Waals surface area contributed by atoms with Gasteiger partial charge in [-0.15, -0.1) is 10.2 Å². The van der Waals surface area contributed by atoms with E-state index in [4.69, 9.17) is 0 Å². The van der Waals surface area contributed by atoms with Gasteiger partial charge in [0.1, 0.15) is 6.33 Å². The average molecular weight is 372 g/mol. The molecule has 1 unspecified atom stereocenters. The van der Waals surface area contributed by atoms with Crippen LogP contribution in [0.25, 0.3) is 5.69 Å². The molecule has 0 aliphatic heterocycles. The zero-order valence-electron chi connectivity index (χ0n) is 17.0. The van der Waals surface area contributed by atoms with Gasteiger partial charge in [-0.25, -0.2) is 0 Å². The fourth-order valence-electron chi connectivity index (χ4n) is 3.01. The van der Waals surface area contributed by atoms with E-state index in [1.807, 2.05) is 34.9 Å². The summed E-state index contributed by atoms with van der Waals surface area (Å²) >= 11 is 0. The molecule has 2 rings (SSSR count). The van der Waals surface area contributed by atoms with Gasteiger partial charge in [-0.05, 0) is 51.5 Å². The van der Waals surface area contributed by atoms with Gasteiger partial charge >= 0.3 is 0 Å². The SMILES string of the molecule is CCN(CC)CCCC(C)NC(=NC)NCc1nncn1-c1ccccc1. The van der Waals surface area contributed by atoms with E-state index < -0.39 is 0 Å². The smallest absolute Gasteiger partial charge is 0.191 e. The molecule has 7 nitrogen and oxygen atoms in total. The maximum absolute atomic E-state index is 4.33. The maximum atomic E-state index is 4.33. The molecule has 2 aromatic rings. The molecule has 0 radical (unpaired) electrons. The minimum Gasteiger partial charge on any atom is -0.354 e. The summed E-state index contributed by atoms with van der Waals surface area (Å²) in [5.74, 6) is 1.63. The second-order valence-corrected chi connectivity index (χ2v) is 6.59. The monoisotopic (exact) mass is 371 g/mol. The fraction of sp³-hybridized carbons (Fsp3) is 0.550. The normalized spacial score (nSPS) is 13.0. The topological polar surface area (TPSA) is 70.4 Å². The van der Waals surface area contributed by atoms with E-state index in [-0.39, 0.29) is 0 Å². The molecule has 0 amide bonds. The maximum Gasteiger partial charge on any atom is 0.191 e. The van der Waals surface area contributed by atoms with Crippen molar-refractivity contribution in [2.45, 2.75) is 46.2 Å². The van der Waals surface area contributed by atoms with Crippen molar-refractivity contribution in [1.82, 2.24) is 30.3 Å². The van der Waals surface area contributed by atoms with Crippen LogP contribution in [0.3, 0.4) is 0 Å². The van der Waals surface area contributed by atoms with E-state index in [2.05, 4.69) is 51.5 Å². The van der Waals surface area contributed by atoms with E-state index in [0.29, 0.717) is 12.6 Å². The third kappa shape index (κ3) is 6.67. The van der Waals surface area contributed by atoms with E-state index in [9.17, 15) is 0 Å². The summed E-state index contributed by atoms with van der Waals surface area (Å²) in [7, 11) is 1.79. The lowest BCUT2D eigenvalue weighted by Crippen LogP contribution is -2.42. The molecule has 0 aliphatic carbocycles. The largest absolute Gasteiger partial charge is 0.354 e. The highest BCUT2D eigenvalue weighted by atomic mass is 15.3. The van der Waals surface area contributed by atoms with Gasteiger partial charge in [0.2, 0.25) is 0 Å². The molecule has 1 atom stereocenters. The fourth-order valence-corrected chi connectivity index (χ4v) is 3.01. The molecule has 0 saturated carbocycles. The highest BCUT2D eigenvalue weighted by Gasteiger charge is 2.09. The quantitative estimate of drug-likeness (QED) is 0.496. The number of nitrogens with zero attached hydrogens (tertiary/aromatic N) is 5. The van der Waals surface area contributed by atoms with Crippen LogP contribution in [0.5, 0.6) is 0 Å². The molecule has 27 heavy (non-hydrogen) atoms. The lowest BCUT2D eigenvalue weighted by molar-refractivity contribution is 0.292. The first-order valence-corrected chi connectivity index (χ1v) is 9.81. The zero-order valence-corrected chi connectivity index (χ0v) is 17.0. The van der Waals surface area contributed by atoms with E-state index >= 15 is 0 Å². The van der Waals surface area contributed by atoms with Crippen LogP contribution >= 0.6 is 0 Å². The summed E-state index contributed by atoms with van der Waals surface area (Å²) in [6.07, 6.45) is 4.02. The van der Waals surface area contributed by atoms with Gasteiger partial charge in [0.25, 0.3) is 0 Å². The lowest BCUT2D eigenvalue weighted by atomic mass is 10.2. The third-order valence-electron chi connectivity index (χ3n) is 4.68. The number of rotatable bonds is 10. The van der Waals surface area contributed by atoms with Crippen LogP contribution in [0.15, 0.2) is 41.7 Å². The second-order valence-electron chi connectivity index (χ2n) is 6.59. The number of nitrogens with one attached hydrogen (secondary N) is 2. The van der Waals surface area contributed by atoms with Crippen LogP contribution < -0.4 is 10.6 Å². The van der Waals surface area contributed by atoms with Gasteiger partial charge in [-0.3, -0.25) is 9.56 Å². The first kappa shape index (κ1) is 20.9. The summed E-state index contributed by atoms with van der Waals surface area (Å²) in [5, 5.41) is 15.1. The highest BCUT2D eigenvalue weighted by molar-refractivity contribution is 5.79. The summed E-state index contributed by atoms with van der Waals surface area (Å²) in [5.41, 5.74) is 1.05. The van der Waals surface area contributed by atoms with Crippen molar-refractivity contribution in [2.24, 2.45) is 4.99 Å². The van der Waals surface area contributed by atoms with Crippen LogP contribution in [0, 0.1) is 0 Å². The van der Waals surface area contributed by atoms with Gasteiger partial charge < -0.3 is 15.5 Å². The van der Waals surface area contributed by atoms with Crippen LogP contribution in [-0.4, -0.2) is 58.3 Å². The zero-order chi connectivity index (χ0) is 19.5. The molecule has 0 aliphatic rings. The van der Waals surface area contributed by atoms with Crippen molar-refractivity contribution >= 4 is 5.96 Å². The van der Waals surface area contributed by atoms with Crippen molar-refractivity contribution < 1.29 is 0 Å². The molecule has 1 aromatic heterocycles. The van der Waals surface area contributed by atoms with Crippen molar-refractivity contribution in [3.05, 3.63) is 42.5 Å². The van der Waals surface area contributed by atoms with Crippen molar-refractivity contribution in [2.75, 3.05) is 26.7 Å². The molecule has 0 bridgehead atoms. The molecule has 148 valence electrons. The number of hydrogen-bond donors (Lipinski definition) is 2. The van der Waals surface area contributed by atoms with Crippen LogP contribution in [-0.2, 0) is 6.54 Å². The standard InChI is InChI=1S/C20H33N7/c1-5-26(6-2)14-10-11-17(3)24-20(21-4)22-15-19-25-23-16-27(19)18-12-8-7-9-13-18/h7-9,12-13,16-17H,5-6,10-11,14-15H2,1-4H3,(H2,21,22,24). The van der Waals surface area contributed by atoms with Crippen LogP contribution in [0.1, 0.15) is 39.4 Å². The molecular formula is C20H33N7. The first-order chi connectivity index (χ1) is 13.2. The Morgan fingerprint density at radius 3 is 2.63 bits per heavy atom. The number of benzene rings is 1. The predicted octanol–water partition coefficient (Wildman–Crippen LogP) is 2.44. The van der Waals surface area contributed by atoms with Crippen molar-refractivity contribution in [3.63, 3.8) is 0 Å². The molecule has 7 heteroatoms. The van der Waals surface area contributed by atoms with Crippen LogP contribution in [0.4, 0.5) is 0 Å². The number of aromatic nitrogens is 3.